The lowest BCUT2D eigenvalue weighted by molar-refractivity contribution is 0.147. The lowest BCUT2D eigenvalue weighted by Crippen LogP contribution is -2.54. The Bertz CT molecular complexity index is 5170. The van der Waals surface area contributed by atoms with Crippen molar-refractivity contribution in [3.63, 3.8) is 0 Å². The van der Waals surface area contributed by atoms with Gasteiger partial charge in [-0.25, -0.2) is 9.97 Å². The van der Waals surface area contributed by atoms with E-state index in [2.05, 4.69) is 277 Å². The molecule has 0 fully saturated rings. The Hall–Kier alpha value is -9.13. The lowest BCUT2D eigenvalue weighted by atomic mass is 9.50. The molecule has 8 aromatic carbocycles. The van der Waals surface area contributed by atoms with E-state index in [1.165, 1.54) is 0 Å². The highest BCUT2D eigenvalue weighted by molar-refractivity contribution is 6.85. The number of fused-ring (bicyclic) bond motifs is 3. The molecular formula is C98H108B2Cl4N8O2. The summed E-state index contributed by atoms with van der Waals surface area (Å²) < 4.78 is 19.4. The number of aromatic nitrogens is 6. The number of halogens is 4. The monoisotopic (exact) mass is 1590 g/mol. The molecule has 12 aromatic rings. The van der Waals surface area contributed by atoms with Crippen molar-refractivity contribution in [3.8, 4) is 46.2 Å². The second-order valence-corrected chi connectivity index (χ2v) is 38.5. The molecule has 0 spiro atoms. The smallest absolute Gasteiger partial charge is 0.328 e. The van der Waals surface area contributed by atoms with Gasteiger partial charge in [0.2, 0.25) is 0 Å². The van der Waals surface area contributed by atoms with Gasteiger partial charge in [-0.2, -0.15) is 10.5 Å². The van der Waals surface area contributed by atoms with E-state index in [0.717, 1.165) is 84.3 Å². The summed E-state index contributed by atoms with van der Waals surface area (Å²) in [5.41, 5.74) is 9.83. The minimum atomic E-state index is -0.698. The van der Waals surface area contributed by atoms with Crippen LogP contribution in [-0.2, 0) is 0 Å². The largest absolute Gasteiger partial charge is 0.493 e. The Kier molecular flexibility index (Phi) is 26.6. The number of benzene rings is 8. The van der Waals surface area contributed by atoms with Crippen LogP contribution in [0.5, 0.6) is 11.5 Å². The maximum absolute atomic E-state index is 12.9. The quantitative estimate of drug-likeness (QED) is 0.0444. The van der Waals surface area contributed by atoms with Gasteiger partial charge in [0.1, 0.15) is 46.2 Å². The maximum atomic E-state index is 12.9. The molecule has 0 bridgehead atoms. The summed E-state index contributed by atoms with van der Waals surface area (Å²) >= 11 is 27.4. The first-order chi connectivity index (χ1) is 54.2. The molecule has 114 heavy (non-hydrogen) atoms. The minimum Gasteiger partial charge on any atom is -0.493 e. The molecule has 0 radical (unpaired) electrons. The molecule has 10 nitrogen and oxygen atoms in total. The molecule has 0 aliphatic rings. The Balaban J connectivity index is 1.30. The predicted molar refractivity (Wildman–Crippen MR) is 481 cm³/mol. The topological polar surface area (TPSA) is 127 Å². The number of nitrogens with zero attached hydrogens (tertiary/aromatic N) is 8. The fourth-order valence-corrected chi connectivity index (χ4v) is 18.3. The third-order valence-corrected chi connectivity index (χ3v) is 23.6. The summed E-state index contributed by atoms with van der Waals surface area (Å²) in [6.45, 7) is 37.1. The summed E-state index contributed by atoms with van der Waals surface area (Å²) in [4.78, 5) is 21.0. The second kappa shape index (κ2) is 35.9. The molecule has 4 heterocycles. The van der Waals surface area contributed by atoms with Gasteiger partial charge < -0.3 is 18.4 Å². The number of ether oxygens (including phenoxy) is 2. The molecular weight excluding hydrogens is 1480 g/mol. The molecule has 0 aliphatic heterocycles. The van der Waals surface area contributed by atoms with Crippen LogP contribution in [0.4, 0.5) is 0 Å². The highest BCUT2D eigenvalue weighted by Gasteiger charge is 2.39. The van der Waals surface area contributed by atoms with Crippen LogP contribution in [0.1, 0.15) is 174 Å². The molecule has 12 rings (SSSR count). The fourth-order valence-electron chi connectivity index (χ4n) is 17.7. The molecule has 0 saturated carbocycles. The predicted octanol–water partition coefficient (Wildman–Crippen LogP) is 22.9. The average Bonchev–Trinajstić information content (AvgIpc) is 1.52. The summed E-state index contributed by atoms with van der Waals surface area (Å²) in [5.74, 6) is 3.54. The second-order valence-electron chi connectivity index (χ2n) is 36.9. The van der Waals surface area contributed by atoms with Gasteiger partial charge in [0.15, 0.2) is 0 Å². The van der Waals surface area contributed by atoms with Gasteiger partial charge in [-0.05, 0) is 144 Å². The van der Waals surface area contributed by atoms with E-state index in [0.29, 0.717) is 113 Å². The molecule has 0 amide bonds. The van der Waals surface area contributed by atoms with Crippen LogP contribution in [0.2, 0.25) is 20.1 Å². The van der Waals surface area contributed by atoms with Crippen LogP contribution in [0.15, 0.2) is 207 Å². The zero-order valence-electron chi connectivity index (χ0n) is 69.2. The first kappa shape index (κ1) is 84.3. The summed E-state index contributed by atoms with van der Waals surface area (Å²) in [7, 11) is 0. The number of nitriles is 2. The van der Waals surface area contributed by atoms with Crippen molar-refractivity contribution < 1.29 is 9.47 Å². The zero-order valence-corrected chi connectivity index (χ0v) is 72.2. The van der Waals surface area contributed by atoms with Crippen LogP contribution in [0, 0.1) is 79.8 Å². The van der Waals surface area contributed by atoms with E-state index in [4.69, 9.17) is 75.8 Å². The normalized spacial score (nSPS) is 14.4. The highest BCUT2D eigenvalue weighted by Crippen LogP contribution is 2.42. The van der Waals surface area contributed by atoms with Gasteiger partial charge in [-0.1, -0.05) is 337 Å². The van der Waals surface area contributed by atoms with Crippen molar-refractivity contribution >= 4 is 126 Å². The van der Waals surface area contributed by atoms with E-state index >= 15 is 0 Å². The van der Waals surface area contributed by atoms with Crippen molar-refractivity contribution in [2.75, 3.05) is 13.2 Å². The van der Waals surface area contributed by atoms with Crippen LogP contribution in [0.25, 0.3) is 66.5 Å². The van der Waals surface area contributed by atoms with E-state index < -0.39 is 13.7 Å². The van der Waals surface area contributed by atoms with Gasteiger partial charge in [0, 0.05) is 33.3 Å². The van der Waals surface area contributed by atoms with Crippen molar-refractivity contribution in [1.29, 1.82) is 10.5 Å². The van der Waals surface area contributed by atoms with Crippen LogP contribution < -0.4 is 42.0 Å². The first-order valence-corrected chi connectivity index (χ1v) is 42.0. The van der Waals surface area contributed by atoms with Gasteiger partial charge in [0.25, 0.3) is 0 Å². The molecule has 0 N–H and O–H groups in total. The van der Waals surface area contributed by atoms with Crippen LogP contribution in [0.3, 0.4) is 0 Å². The van der Waals surface area contributed by atoms with Gasteiger partial charge in [-0.15, -0.1) is 0 Å². The highest BCUT2D eigenvalue weighted by atomic mass is 35.5. The first-order valence-electron chi connectivity index (χ1n) is 40.5. The average molecular weight is 1590 g/mol. The number of hydrogen-bond acceptors (Lipinski definition) is 8. The molecule has 6 unspecified atom stereocenters. The fraction of sp³-hybridized carbons (Fsp3) is 0.367. The molecule has 586 valence electrons. The van der Waals surface area contributed by atoms with Crippen molar-refractivity contribution in [2.24, 2.45) is 57.2 Å². The third-order valence-electron chi connectivity index (χ3n) is 22.1. The standard InChI is InChI=1S/C98H108B2Cl4N8O2/c1-63(53-95(5,6)7)43-45-69(65(3)55-97(11,12)13)61-113-75-41-29-31-67(47-75)91-89-90(94(78(58-106)88-60-108-84-50-80(102)82(104)52-86(84)110-88)111(91)99(71-33-21-17-22-34-71)72-35-23-18-24-36-72)92(68-32-30-42-76(48-68)114-62-70(66(4)56-98(14,15)16)46-44-64(2)54-96(8,9)10)112(100(73-37-25-19-26-38-73)74-39-27-20-28-40-74)93(89)77(57-105)87-59-107-83-49-79(101)81(103)51-85(83)109-87/h17-42,47-52,59-60,63-66,69-70H,43-46,53-56,61-62H2,1-16H3/b93-77-,94-78-. The third kappa shape index (κ3) is 20.4. The Morgan fingerprint density at radius 3 is 1.00 bits per heavy atom. The van der Waals surface area contributed by atoms with Crippen LogP contribution in [-0.4, -0.2) is 55.8 Å². The van der Waals surface area contributed by atoms with E-state index in [1.807, 2.05) is 24.3 Å². The van der Waals surface area contributed by atoms with E-state index in [9.17, 15) is 10.5 Å². The van der Waals surface area contributed by atoms with Gasteiger partial charge in [-0.3, -0.25) is 9.97 Å². The van der Waals surface area contributed by atoms with Gasteiger partial charge in [0.05, 0.1) is 78.5 Å². The van der Waals surface area contributed by atoms with Crippen LogP contribution >= 0.6 is 46.4 Å². The Morgan fingerprint density at radius 1 is 0.395 bits per heavy atom. The van der Waals surface area contributed by atoms with Crippen molar-refractivity contribution in [2.45, 2.75) is 162 Å². The van der Waals surface area contributed by atoms with Crippen molar-refractivity contribution in [1.82, 2.24) is 28.9 Å². The maximum Gasteiger partial charge on any atom is 0.328 e. The lowest BCUT2D eigenvalue weighted by Gasteiger charge is -2.31. The molecule has 0 saturated heterocycles. The van der Waals surface area contributed by atoms with Crippen molar-refractivity contribution in [3.05, 3.63) is 249 Å². The summed E-state index contributed by atoms with van der Waals surface area (Å²) in [6.07, 6.45) is 11.8. The summed E-state index contributed by atoms with van der Waals surface area (Å²) in [6, 6.07) is 71.0. The van der Waals surface area contributed by atoms with Gasteiger partial charge >= 0.3 is 13.7 Å². The molecule has 6 atom stereocenters. The Morgan fingerprint density at radius 2 is 0.702 bits per heavy atom. The Labute approximate surface area is 697 Å². The molecule has 0 aliphatic carbocycles. The SMILES string of the molecule is CC(CCC(COc1cccc(-c2c3/c(=C(\C#N)c4cnc5cc(Cl)c(Cl)cc5n4)n(B(c4ccccc4)c4ccccc4)c(-c4cccc(OCC(CCC(C)CC(C)(C)C)C(C)CC(C)(C)C)c4)c3/c(=C(\C#N)c3cnc4cc(Cl)c(Cl)cc4n3)n2B(c2ccccc2)c2ccccc2)c1)C(C)CC(C)(C)C)CC(C)(C)C. The summed E-state index contributed by atoms with van der Waals surface area (Å²) in [5, 5.41) is 29.3. The number of hydrogen-bond donors (Lipinski definition) is 0. The van der Waals surface area contributed by atoms with E-state index in [1.54, 1.807) is 36.7 Å². The molecule has 4 aromatic heterocycles. The molecule has 16 heteroatoms. The minimum absolute atomic E-state index is 0.0909. The number of rotatable bonds is 28. The van der Waals surface area contributed by atoms with E-state index in [-0.39, 0.29) is 66.1 Å². The zero-order chi connectivity index (χ0) is 81.6.